The molecule has 0 radical (unpaired) electrons. The van der Waals surface area contributed by atoms with Gasteiger partial charge in [-0.05, 0) is 31.2 Å². The second-order valence-electron chi connectivity index (χ2n) is 4.01. The summed E-state index contributed by atoms with van der Waals surface area (Å²) in [5.41, 5.74) is 0.346. The molecule has 5 nitrogen and oxygen atoms in total. The molecular formula is C13H10BrF2N3O2S. The monoisotopic (exact) mass is 389 g/mol. The summed E-state index contributed by atoms with van der Waals surface area (Å²) >= 11 is 4.46. The summed E-state index contributed by atoms with van der Waals surface area (Å²) in [7, 11) is 0. The van der Waals surface area contributed by atoms with Crippen LogP contribution in [0.25, 0.3) is 6.08 Å². The zero-order valence-corrected chi connectivity index (χ0v) is 13.6. The van der Waals surface area contributed by atoms with Crippen molar-refractivity contribution in [2.24, 2.45) is 0 Å². The number of amides is 1. The molecule has 1 aromatic heterocycles. The maximum Gasteiger partial charge on any atom is 0.387 e. The summed E-state index contributed by atoms with van der Waals surface area (Å²) in [5, 5.41) is 11.1. The van der Waals surface area contributed by atoms with Crippen LogP contribution in [0.3, 0.4) is 0 Å². The number of nitrogens with zero attached hydrogens (tertiary/aromatic N) is 2. The zero-order chi connectivity index (χ0) is 16.1. The van der Waals surface area contributed by atoms with Crippen molar-refractivity contribution in [3.05, 3.63) is 39.3 Å². The minimum absolute atomic E-state index is 0.0194. The summed E-state index contributed by atoms with van der Waals surface area (Å²) in [6.45, 7) is -1.18. The smallest absolute Gasteiger partial charge is 0.387 e. The molecule has 1 amide bonds. The number of carbonyl (C=O) groups is 1. The van der Waals surface area contributed by atoms with Crippen LogP contribution in [-0.4, -0.2) is 22.7 Å². The van der Waals surface area contributed by atoms with Crippen molar-refractivity contribution in [2.45, 2.75) is 13.5 Å². The number of ether oxygens (including phenoxy) is 1. The topological polar surface area (TPSA) is 64.1 Å². The zero-order valence-electron chi connectivity index (χ0n) is 11.2. The molecule has 2 aromatic rings. The molecule has 0 fully saturated rings. The number of alkyl halides is 2. The largest absolute Gasteiger partial charge is 0.434 e. The average molecular weight is 390 g/mol. The molecule has 0 spiro atoms. The van der Waals surface area contributed by atoms with E-state index in [0.717, 1.165) is 5.01 Å². The highest BCUT2D eigenvalue weighted by molar-refractivity contribution is 9.10. The summed E-state index contributed by atoms with van der Waals surface area (Å²) in [6.07, 6.45) is 2.59. The SMILES string of the molecule is Cc1nnc(NC(=O)/C=C/c2cc(Br)ccc2OC(F)F)s1. The van der Waals surface area contributed by atoms with Gasteiger partial charge in [-0.2, -0.15) is 8.78 Å². The fraction of sp³-hybridized carbons (Fsp3) is 0.154. The normalized spacial score (nSPS) is 11.1. The molecule has 0 aliphatic heterocycles. The Morgan fingerprint density at radius 3 is 2.86 bits per heavy atom. The molecule has 0 saturated heterocycles. The quantitative estimate of drug-likeness (QED) is 0.788. The Labute approximate surface area is 137 Å². The van der Waals surface area contributed by atoms with Gasteiger partial charge in [0.2, 0.25) is 11.0 Å². The van der Waals surface area contributed by atoms with Crippen molar-refractivity contribution in [1.82, 2.24) is 10.2 Å². The molecular weight excluding hydrogens is 380 g/mol. The third-order valence-electron chi connectivity index (χ3n) is 2.36. The Balaban J connectivity index is 2.11. The van der Waals surface area contributed by atoms with Crippen LogP contribution in [0.5, 0.6) is 5.75 Å². The lowest BCUT2D eigenvalue weighted by atomic mass is 10.2. The fourth-order valence-corrected chi connectivity index (χ4v) is 2.49. The number of halogens is 3. The van der Waals surface area contributed by atoms with E-state index in [1.165, 1.54) is 29.6 Å². The number of aromatic nitrogens is 2. The van der Waals surface area contributed by atoms with Crippen molar-refractivity contribution in [1.29, 1.82) is 0 Å². The Morgan fingerprint density at radius 1 is 1.45 bits per heavy atom. The first-order valence-corrected chi connectivity index (χ1v) is 7.58. The number of carbonyl (C=O) groups excluding carboxylic acids is 1. The van der Waals surface area contributed by atoms with Gasteiger partial charge < -0.3 is 4.74 Å². The summed E-state index contributed by atoms with van der Waals surface area (Å²) in [6, 6.07) is 4.53. The lowest BCUT2D eigenvalue weighted by molar-refractivity contribution is -0.111. The van der Waals surface area contributed by atoms with Crippen molar-refractivity contribution >= 4 is 44.4 Å². The first-order valence-electron chi connectivity index (χ1n) is 5.97. The Morgan fingerprint density at radius 2 is 2.23 bits per heavy atom. The van der Waals surface area contributed by atoms with Gasteiger partial charge in [-0.1, -0.05) is 27.3 Å². The van der Waals surface area contributed by atoms with Crippen LogP contribution in [0.1, 0.15) is 10.6 Å². The van der Waals surface area contributed by atoms with E-state index < -0.39 is 12.5 Å². The van der Waals surface area contributed by atoms with Crippen molar-refractivity contribution in [2.75, 3.05) is 5.32 Å². The molecule has 9 heteroatoms. The molecule has 1 heterocycles. The Bertz CT molecular complexity index is 706. The van der Waals surface area contributed by atoms with Gasteiger partial charge in [0.15, 0.2) is 0 Å². The molecule has 2 rings (SSSR count). The van der Waals surface area contributed by atoms with Crippen molar-refractivity contribution < 1.29 is 18.3 Å². The lowest BCUT2D eigenvalue weighted by Crippen LogP contribution is -2.07. The van der Waals surface area contributed by atoms with Crippen LogP contribution in [-0.2, 0) is 4.79 Å². The minimum Gasteiger partial charge on any atom is -0.434 e. The van der Waals surface area contributed by atoms with Gasteiger partial charge in [0.05, 0.1) is 0 Å². The van der Waals surface area contributed by atoms with E-state index in [0.29, 0.717) is 15.2 Å². The number of benzene rings is 1. The number of hydrogen-bond donors (Lipinski definition) is 1. The Kier molecular flexibility index (Phi) is 5.56. The van der Waals surface area contributed by atoms with Crippen molar-refractivity contribution in [3.8, 4) is 5.75 Å². The second kappa shape index (κ2) is 7.41. The molecule has 0 aliphatic carbocycles. The highest BCUT2D eigenvalue weighted by Crippen LogP contribution is 2.26. The molecule has 116 valence electrons. The molecule has 0 atom stereocenters. The number of rotatable bonds is 5. The third-order valence-corrected chi connectivity index (χ3v) is 3.61. The van der Waals surface area contributed by atoms with Gasteiger partial charge in [-0.25, -0.2) is 0 Å². The van der Waals surface area contributed by atoms with E-state index in [1.54, 1.807) is 19.1 Å². The average Bonchev–Trinajstić information content (AvgIpc) is 2.84. The highest BCUT2D eigenvalue weighted by atomic mass is 79.9. The predicted molar refractivity (Wildman–Crippen MR) is 83.1 cm³/mol. The minimum atomic E-state index is -2.94. The molecule has 0 aliphatic rings. The first-order chi connectivity index (χ1) is 10.4. The van der Waals surface area contributed by atoms with E-state index in [1.807, 2.05) is 0 Å². The summed E-state index contributed by atoms with van der Waals surface area (Å²) in [5.74, 6) is -0.465. The Hall–Kier alpha value is -1.87. The molecule has 22 heavy (non-hydrogen) atoms. The van der Waals surface area contributed by atoms with Crippen LogP contribution >= 0.6 is 27.3 Å². The highest BCUT2D eigenvalue weighted by Gasteiger charge is 2.09. The number of anilines is 1. The molecule has 0 unspecified atom stereocenters. The van der Waals surface area contributed by atoms with Gasteiger partial charge in [-0.15, -0.1) is 10.2 Å². The van der Waals surface area contributed by atoms with Crippen LogP contribution in [0.4, 0.5) is 13.9 Å². The van der Waals surface area contributed by atoms with E-state index in [-0.39, 0.29) is 5.75 Å². The number of hydrogen-bond acceptors (Lipinski definition) is 5. The number of aryl methyl sites for hydroxylation is 1. The summed E-state index contributed by atoms with van der Waals surface area (Å²) in [4.78, 5) is 11.8. The van der Waals surface area contributed by atoms with E-state index in [2.05, 4.69) is 36.2 Å². The van der Waals surface area contributed by atoms with E-state index in [9.17, 15) is 13.6 Å². The maximum atomic E-state index is 12.3. The van der Waals surface area contributed by atoms with Crippen LogP contribution < -0.4 is 10.1 Å². The standard InChI is InChI=1S/C13H10BrF2N3O2S/c1-7-18-19-13(22-7)17-11(20)5-2-8-6-9(14)3-4-10(8)21-12(15)16/h2-6,12H,1H3,(H,17,19,20)/b5-2+. The molecule has 1 aromatic carbocycles. The van der Waals surface area contributed by atoms with Gasteiger partial charge in [0.25, 0.3) is 0 Å². The first kappa shape index (κ1) is 16.5. The van der Waals surface area contributed by atoms with Gasteiger partial charge >= 0.3 is 6.61 Å². The summed E-state index contributed by atoms with van der Waals surface area (Å²) < 4.78 is 29.7. The predicted octanol–water partition coefficient (Wildman–Crippen LogP) is 3.86. The maximum absolute atomic E-state index is 12.3. The number of nitrogens with one attached hydrogen (secondary N) is 1. The van der Waals surface area contributed by atoms with Crippen LogP contribution in [0, 0.1) is 6.92 Å². The van der Waals surface area contributed by atoms with E-state index >= 15 is 0 Å². The fourth-order valence-electron chi connectivity index (χ4n) is 1.51. The van der Waals surface area contributed by atoms with Gasteiger partial charge in [-0.3, -0.25) is 10.1 Å². The van der Waals surface area contributed by atoms with Gasteiger partial charge in [0.1, 0.15) is 10.8 Å². The second-order valence-corrected chi connectivity index (χ2v) is 6.11. The van der Waals surface area contributed by atoms with Gasteiger partial charge in [0, 0.05) is 16.1 Å². The van der Waals surface area contributed by atoms with Crippen LogP contribution in [0.2, 0.25) is 0 Å². The van der Waals surface area contributed by atoms with Crippen LogP contribution in [0.15, 0.2) is 28.7 Å². The third kappa shape index (κ3) is 4.85. The molecule has 0 bridgehead atoms. The lowest BCUT2D eigenvalue weighted by Gasteiger charge is -2.08. The molecule has 0 saturated carbocycles. The molecule has 1 N–H and O–H groups in total. The van der Waals surface area contributed by atoms with E-state index in [4.69, 9.17) is 0 Å². The van der Waals surface area contributed by atoms with Crippen molar-refractivity contribution in [3.63, 3.8) is 0 Å².